The molecule has 1 N–H and O–H groups in total. The summed E-state index contributed by atoms with van der Waals surface area (Å²) in [5, 5.41) is 3.59. The van der Waals surface area contributed by atoms with Gasteiger partial charge in [-0.2, -0.15) is 0 Å². The maximum Gasteiger partial charge on any atom is 0.229 e. The Morgan fingerprint density at radius 3 is 2.45 bits per heavy atom. The summed E-state index contributed by atoms with van der Waals surface area (Å²) < 4.78 is 13.3. The standard InChI is InChI=1S/C25H25ClFN3O/c26-20-10-6-18(7-11-20)15-24(31)30-25-22(14-17-4-2-1-3-5-17)29-23(16-28-25)19-8-12-21(27)13-9-19/h6-13,16-17H,1-5,14-15H2,(H,28,30,31). The molecule has 0 spiro atoms. The minimum Gasteiger partial charge on any atom is -0.309 e. The van der Waals surface area contributed by atoms with Crippen LogP contribution in [0.3, 0.4) is 0 Å². The number of nitrogens with one attached hydrogen (secondary N) is 1. The highest BCUT2D eigenvalue weighted by Gasteiger charge is 2.19. The van der Waals surface area contributed by atoms with Crippen LogP contribution in [-0.4, -0.2) is 15.9 Å². The third kappa shape index (κ3) is 5.88. The van der Waals surface area contributed by atoms with Gasteiger partial charge in [-0.15, -0.1) is 0 Å². The molecular weight excluding hydrogens is 413 g/mol. The van der Waals surface area contributed by atoms with E-state index >= 15 is 0 Å². The zero-order valence-electron chi connectivity index (χ0n) is 17.3. The molecular formula is C25H25ClFN3O. The van der Waals surface area contributed by atoms with Crippen molar-refractivity contribution in [1.82, 2.24) is 9.97 Å². The minimum absolute atomic E-state index is 0.143. The van der Waals surface area contributed by atoms with Crippen molar-refractivity contribution >= 4 is 23.3 Å². The van der Waals surface area contributed by atoms with E-state index in [1.54, 1.807) is 30.5 Å². The zero-order valence-corrected chi connectivity index (χ0v) is 18.0. The van der Waals surface area contributed by atoms with Crippen LogP contribution in [0.5, 0.6) is 0 Å². The predicted molar refractivity (Wildman–Crippen MR) is 121 cm³/mol. The highest BCUT2D eigenvalue weighted by atomic mass is 35.5. The Morgan fingerprint density at radius 2 is 1.74 bits per heavy atom. The van der Waals surface area contributed by atoms with Crippen LogP contribution in [-0.2, 0) is 17.6 Å². The van der Waals surface area contributed by atoms with Crippen LogP contribution in [0.2, 0.25) is 5.02 Å². The number of rotatable bonds is 6. The van der Waals surface area contributed by atoms with Crippen molar-refractivity contribution in [3.8, 4) is 11.3 Å². The molecule has 1 amide bonds. The lowest BCUT2D eigenvalue weighted by atomic mass is 9.86. The molecule has 0 atom stereocenters. The van der Waals surface area contributed by atoms with Gasteiger partial charge in [-0.3, -0.25) is 4.79 Å². The van der Waals surface area contributed by atoms with Gasteiger partial charge in [-0.05, 0) is 54.3 Å². The van der Waals surface area contributed by atoms with Crippen molar-refractivity contribution in [2.75, 3.05) is 5.32 Å². The summed E-state index contributed by atoms with van der Waals surface area (Å²) in [7, 11) is 0. The van der Waals surface area contributed by atoms with Crippen molar-refractivity contribution in [1.29, 1.82) is 0 Å². The maximum absolute atomic E-state index is 13.3. The van der Waals surface area contributed by atoms with E-state index in [1.807, 2.05) is 12.1 Å². The van der Waals surface area contributed by atoms with Gasteiger partial charge in [-0.1, -0.05) is 55.8 Å². The first-order valence-corrected chi connectivity index (χ1v) is 11.1. The molecule has 0 unspecified atom stereocenters. The molecule has 2 aromatic carbocycles. The van der Waals surface area contributed by atoms with Gasteiger partial charge in [0, 0.05) is 10.6 Å². The number of hydrogen-bond acceptors (Lipinski definition) is 3. The first-order valence-electron chi connectivity index (χ1n) is 10.7. The number of carbonyl (C=O) groups excluding carboxylic acids is 1. The SMILES string of the molecule is O=C(Cc1ccc(Cl)cc1)Nc1ncc(-c2ccc(F)cc2)nc1CC1CCCCC1. The largest absolute Gasteiger partial charge is 0.309 e. The lowest BCUT2D eigenvalue weighted by molar-refractivity contribution is -0.115. The normalized spacial score (nSPS) is 14.4. The Balaban J connectivity index is 1.56. The second-order valence-electron chi connectivity index (χ2n) is 8.12. The number of aromatic nitrogens is 2. The first-order chi connectivity index (χ1) is 15.1. The summed E-state index contributed by atoms with van der Waals surface area (Å²) in [6.45, 7) is 0. The van der Waals surface area contributed by atoms with Crippen LogP contribution in [0, 0.1) is 11.7 Å². The molecule has 6 heteroatoms. The molecule has 4 nitrogen and oxygen atoms in total. The van der Waals surface area contributed by atoms with Crippen molar-refractivity contribution < 1.29 is 9.18 Å². The van der Waals surface area contributed by atoms with E-state index in [1.165, 1.54) is 44.2 Å². The molecule has 31 heavy (non-hydrogen) atoms. The number of carbonyl (C=O) groups is 1. The van der Waals surface area contributed by atoms with E-state index in [-0.39, 0.29) is 18.1 Å². The monoisotopic (exact) mass is 437 g/mol. The van der Waals surface area contributed by atoms with Gasteiger partial charge >= 0.3 is 0 Å². The number of amides is 1. The van der Waals surface area contributed by atoms with E-state index in [0.29, 0.717) is 22.5 Å². The molecule has 4 rings (SSSR count). The summed E-state index contributed by atoms with van der Waals surface area (Å²) in [4.78, 5) is 22.0. The summed E-state index contributed by atoms with van der Waals surface area (Å²) in [6, 6.07) is 13.5. The minimum atomic E-state index is -0.287. The smallest absolute Gasteiger partial charge is 0.229 e. The Bertz CT molecular complexity index is 1030. The molecule has 3 aromatic rings. The fourth-order valence-electron chi connectivity index (χ4n) is 4.06. The predicted octanol–water partition coefficient (Wildman–Crippen LogP) is 6.24. The molecule has 1 fully saturated rings. The molecule has 0 saturated heterocycles. The van der Waals surface area contributed by atoms with Gasteiger partial charge in [-0.25, -0.2) is 14.4 Å². The fourth-order valence-corrected chi connectivity index (χ4v) is 4.19. The Hall–Kier alpha value is -2.79. The van der Waals surface area contributed by atoms with Crippen molar-refractivity contribution in [3.63, 3.8) is 0 Å². The number of anilines is 1. The van der Waals surface area contributed by atoms with Crippen LogP contribution >= 0.6 is 11.6 Å². The molecule has 1 saturated carbocycles. The molecule has 1 aromatic heterocycles. The van der Waals surface area contributed by atoms with E-state index in [2.05, 4.69) is 10.3 Å². The van der Waals surface area contributed by atoms with Crippen molar-refractivity contribution in [3.05, 3.63) is 76.8 Å². The molecule has 160 valence electrons. The summed E-state index contributed by atoms with van der Waals surface area (Å²) in [6.07, 6.45) is 8.72. The van der Waals surface area contributed by atoms with E-state index in [9.17, 15) is 9.18 Å². The molecule has 0 bridgehead atoms. The average molecular weight is 438 g/mol. The van der Waals surface area contributed by atoms with Crippen LogP contribution in [0.1, 0.15) is 43.4 Å². The van der Waals surface area contributed by atoms with Gasteiger partial charge in [0.2, 0.25) is 5.91 Å². The average Bonchev–Trinajstić information content (AvgIpc) is 2.78. The van der Waals surface area contributed by atoms with Crippen molar-refractivity contribution in [2.45, 2.75) is 44.9 Å². The van der Waals surface area contributed by atoms with E-state index in [4.69, 9.17) is 16.6 Å². The number of hydrogen-bond donors (Lipinski definition) is 1. The van der Waals surface area contributed by atoms with Gasteiger partial charge in [0.1, 0.15) is 5.82 Å². The van der Waals surface area contributed by atoms with Gasteiger partial charge < -0.3 is 5.32 Å². The Morgan fingerprint density at radius 1 is 1.03 bits per heavy atom. The third-order valence-corrected chi connectivity index (χ3v) is 5.98. The highest BCUT2D eigenvalue weighted by Crippen LogP contribution is 2.29. The van der Waals surface area contributed by atoms with Crippen LogP contribution in [0.4, 0.5) is 10.2 Å². The van der Waals surface area contributed by atoms with Gasteiger partial charge in [0.05, 0.1) is 24.0 Å². The number of nitrogens with zero attached hydrogens (tertiary/aromatic N) is 2. The molecule has 1 aliphatic carbocycles. The molecule has 0 radical (unpaired) electrons. The highest BCUT2D eigenvalue weighted by molar-refractivity contribution is 6.30. The summed E-state index contributed by atoms with van der Waals surface area (Å²) in [5.41, 5.74) is 3.16. The number of halogens is 2. The number of benzene rings is 2. The van der Waals surface area contributed by atoms with Crippen LogP contribution in [0.15, 0.2) is 54.7 Å². The van der Waals surface area contributed by atoms with Crippen molar-refractivity contribution in [2.24, 2.45) is 5.92 Å². The zero-order chi connectivity index (χ0) is 21.6. The van der Waals surface area contributed by atoms with Gasteiger partial charge in [0.15, 0.2) is 5.82 Å². The van der Waals surface area contributed by atoms with E-state index < -0.39 is 0 Å². The summed E-state index contributed by atoms with van der Waals surface area (Å²) >= 11 is 5.93. The third-order valence-electron chi connectivity index (χ3n) is 5.73. The molecule has 1 aliphatic rings. The second kappa shape index (κ2) is 10.0. The topological polar surface area (TPSA) is 54.9 Å². The van der Waals surface area contributed by atoms with Crippen LogP contribution in [0.25, 0.3) is 11.3 Å². The first kappa shape index (κ1) is 21.4. The lowest BCUT2D eigenvalue weighted by Crippen LogP contribution is -2.19. The Labute approximate surface area is 186 Å². The van der Waals surface area contributed by atoms with Gasteiger partial charge in [0.25, 0.3) is 0 Å². The maximum atomic E-state index is 13.3. The second-order valence-corrected chi connectivity index (χ2v) is 8.55. The molecule has 0 aliphatic heterocycles. The molecule has 1 heterocycles. The quantitative estimate of drug-likeness (QED) is 0.496. The fraction of sp³-hybridized carbons (Fsp3) is 0.320. The Kier molecular flexibility index (Phi) is 6.92. The van der Waals surface area contributed by atoms with E-state index in [0.717, 1.165) is 23.2 Å². The summed E-state index contributed by atoms with van der Waals surface area (Å²) in [5.74, 6) is 0.620. The van der Waals surface area contributed by atoms with Crippen LogP contribution < -0.4 is 5.32 Å². The lowest BCUT2D eigenvalue weighted by Gasteiger charge is -2.22.